The first kappa shape index (κ1) is 14.3. The number of carbonyl (C=O) groups excluding carboxylic acids is 1. The van der Waals surface area contributed by atoms with Crippen molar-refractivity contribution in [1.82, 2.24) is 0 Å². The van der Waals surface area contributed by atoms with Gasteiger partial charge in [-0.2, -0.15) is 0 Å². The number of benzene rings is 1. The molecule has 0 spiro atoms. The van der Waals surface area contributed by atoms with E-state index in [2.05, 4.69) is 20.8 Å². The first-order valence-corrected chi connectivity index (χ1v) is 6.03. The summed E-state index contributed by atoms with van der Waals surface area (Å²) in [7, 11) is 0. The molecule has 0 aromatic heterocycles. The summed E-state index contributed by atoms with van der Waals surface area (Å²) < 4.78 is 4.74. The summed E-state index contributed by atoms with van der Waals surface area (Å²) in [5.41, 5.74) is 1.85. The highest BCUT2D eigenvalue weighted by atomic mass is 16.5. The highest BCUT2D eigenvalue weighted by Crippen LogP contribution is 2.23. The van der Waals surface area contributed by atoms with Crippen LogP contribution in [0.2, 0.25) is 0 Å². The van der Waals surface area contributed by atoms with Crippen molar-refractivity contribution in [2.75, 3.05) is 6.61 Å². The summed E-state index contributed by atoms with van der Waals surface area (Å²) >= 11 is 0. The molecule has 0 bridgehead atoms. The number of rotatable bonds is 3. The Hall–Kier alpha value is -1.77. The van der Waals surface area contributed by atoms with Crippen molar-refractivity contribution in [2.24, 2.45) is 0 Å². The summed E-state index contributed by atoms with van der Waals surface area (Å²) in [6.07, 6.45) is 1.09. The summed E-state index contributed by atoms with van der Waals surface area (Å²) in [4.78, 5) is 11.2. The lowest BCUT2D eigenvalue weighted by molar-refractivity contribution is -0.137. The molecule has 1 N–H and O–H groups in total. The molecule has 1 aromatic carbocycles. The zero-order valence-corrected chi connectivity index (χ0v) is 11.4. The number of aliphatic hydroxyl groups is 1. The van der Waals surface area contributed by atoms with E-state index in [1.807, 2.05) is 12.1 Å². The van der Waals surface area contributed by atoms with Crippen LogP contribution in [0.5, 0.6) is 0 Å². The average Bonchev–Trinajstić information content (AvgIpc) is 2.28. The second-order valence-electron chi connectivity index (χ2n) is 5.11. The van der Waals surface area contributed by atoms with Crippen LogP contribution in [0, 0.1) is 0 Å². The van der Waals surface area contributed by atoms with E-state index >= 15 is 0 Å². The molecule has 0 heterocycles. The average molecular weight is 248 g/mol. The maximum atomic E-state index is 11.2. The molecule has 0 radical (unpaired) electrons. The van der Waals surface area contributed by atoms with Crippen LogP contribution < -0.4 is 0 Å². The lowest BCUT2D eigenvalue weighted by Gasteiger charge is -2.19. The predicted octanol–water partition coefficient (Wildman–Crippen LogP) is 3.45. The largest absolute Gasteiger partial charge is 0.507 e. The Morgan fingerprint density at radius 2 is 1.83 bits per heavy atom. The molecule has 1 aromatic rings. The van der Waals surface area contributed by atoms with E-state index in [4.69, 9.17) is 4.74 Å². The van der Waals surface area contributed by atoms with E-state index in [1.165, 1.54) is 5.56 Å². The van der Waals surface area contributed by atoms with Gasteiger partial charge in [0.05, 0.1) is 12.7 Å². The van der Waals surface area contributed by atoms with Crippen LogP contribution in [0.1, 0.15) is 38.8 Å². The zero-order valence-electron chi connectivity index (χ0n) is 11.4. The van der Waals surface area contributed by atoms with Crippen molar-refractivity contribution in [1.29, 1.82) is 0 Å². The third-order valence-electron chi connectivity index (χ3n) is 2.59. The third kappa shape index (κ3) is 3.91. The lowest BCUT2D eigenvalue weighted by Crippen LogP contribution is -2.10. The van der Waals surface area contributed by atoms with E-state index in [1.54, 1.807) is 19.1 Å². The maximum absolute atomic E-state index is 11.2. The maximum Gasteiger partial charge on any atom is 0.334 e. The van der Waals surface area contributed by atoms with Gasteiger partial charge in [0, 0.05) is 5.56 Å². The van der Waals surface area contributed by atoms with Crippen molar-refractivity contribution >= 4 is 11.7 Å². The molecule has 3 heteroatoms. The van der Waals surface area contributed by atoms with Gasteiger partial charge in [-0.15, -0.1) is 0 Å². The van der Waals surface area contributed by atoms with Crippen LogP contribution in [-0.4, -0.2) is 17.7 Å². The fraction of sp³-hybridized carbons (Fsp3) is 0.400. The molecular weight excluding hydrogens is 228 g/mol. The molecular formula is C15H20O3. The molecule has 0 atom stereocenters. The van der Waals surface area contributed by atoms with Gasteiger partial charge in [-0.25, -0.2) is 4.79 Å². The number of hydrogen-bond acceptors (Lipinski definition) is 3. The number of esters is 1. The van der Waals surface area contributed by atoms with Crippen LogP contribution >= 0.6 is 0 Å². The van der Waals surface area contributed by atoms with E-state index < -0.39 is 5.97 Å². The van der Waals surface area contributed by atoms with Crippen molar-refractivity contribution in [3.05, 3.63) is 41.5 Å². The molecule has 3 nitrogen and oxygen atoms in total. The molecule has 1 rings (SSSR count). The predicted molar refractivity (Wildman–Crippen MR) is 72.4 cm³/mol. The number of hydrogen-bond donors (Lipinski definition) is 1. The van der Waals surface area contributed by atoms with Crippen molar-refractivity contribution < 1.29 is 14.6 Å². The van der Waals surface area contributed by atoms with Gasteiger partial charge in [0.25, 0.3) is 0 Å². The molecule has 0 fully saturated rings. The van der Waals surface area contributed by atoms with Crippen LogP contribution in [0.25, 0.3) is 5.76 Å². The minimum atomic E-state index is -0.533. The van der Waals surface area contributed by atoms with Gasteiger partial charge in [-0.3, -0.25) is 0 Å². The Morgan fingerprint density at radius 1 is 1.28 bits per heavy atom. The smallest absolute Gasteiger partial charge is 0.334 e. The van der Waals surface area contributed by atoms with Crippen molar-refractivity contribution in [3.63, 3.8) is 0 Å². The lowest BCUT2D eigenvalue weighted by atomic mass is 9.86. The Morgan fingerprint density at radius 3 is 2.28 bits per heavy atom. The van der Waals surface area contributed by atoms with E-state index in [0.717, 1.165) is 6.08 Å². The normalized spacial score (nSPS) is 12.3. The summed E-state index contributed by atoms with van der Waals surface area (Å²) in [5.74, 6) is -0.608. The van der Waals surface area contributed by atoms with E-state index in [0.29, 0.717) is 12.2 Å². The van der Waals surface area contributed by atoms with Crippen LogP contribution in [0.4, 0.5) is 0 Å². The van der Waals surface area contributed by atoms with Gasteiger partial charge < -0.3 is 9.84 Å². The second kappa shape index (κ2) is 5.71. The van der Waals surface area contributed by atoms with Gasteiger partial charge in [-0.1, -0.05) is 45.0 Å². The first-order chi connectivity index (χ1) is 8.34. The molecule has 0 saturated carbocycles. The minimum absolute atomic E-state index is 0.0685. The van der Waals surface area contributed by atoms with Crippen LogP contribution in [0.15, 0.2) is 30.3 Å². The summed E-state index contributed by atoms with van der Waals surface area (Å²) in [5, 5.41) is 9.77. The van der Waals surface area contributed by atoms with E-state index in [9.17, 15) is 9.90 Å². The molecule has 0 aliphatic rings. The van der Waals surface area contributed by atoms with E-state index in [-0.39, 0.29) is 11.2 Å². The summed E-state index contributed by atoms with van der Waals surface area (Å²) in [6.45, 7) is 8.38. The van der Waals surface area contributed by atoms with Gasteiger partial charge in [-0.05, 0) is 17.9 Å². The van der Waals surface area contributed by atoms with Crippen molar-refractivity contribution in [2.45, 2.75) is 33.1 Å². The van der Waals surface area contributed by atoms with Gasteiger partial charge in [0.2, 0.25) is 0 Å². The van der Waals surface area contributed by atoms with Crippen LogP contribution in [-0.2, 0) is 14.9 Å². The topological polar surface area (TPSA) is 46.5 Å². The third-order valence-corrected chi connectivity index (χ3v) is 2.59. The molecule has 0 amide bonds. The number of ether oxygens (including phenoxy) is 1. The highest BCUT2D eigenvalue weighted by Gasteiger charge is 2.13. The minimum Gasteiger partial charge on any atom is -0.507 e. The molecule has 0 aliphatic heterocycles. The standard InChI is InChI=1S/C15H20O3/c1-5-18-14(17)10-13(16)11-6-8-12(9-7-11)15(2,3)4/h6-10,16H,5H2,1-4H3. The first-order valence-electron chi connectivity index (χ1n) is 6.03. The highest BCUT2D eigenvalue weighted by molar-refractivity contribution is 5.89. The number of aliphatic hydroxyl groups excluding tert-OH is 1. The Labute approximate surface area is 108 Å². The van der Waals surface area contributed by atoms with Crippen LogP contribution in [0.3, 0.4) is 0 Å². The Bertz CT molecular complexity index is 436. The second-order valence-corrected chi connectivity index (χ2v) is 5.11. The summed E-state index contributed by atoms with van der Waals surface area (Å²) in [6, 6.07) is 7.49. The molecule has 0 saturated heterocycles. The SMILES string of the molecule is CCOC(=O)C=C(O)c1ccc(C(C)(C)C)cc1. The van der Waals surface area contributed by atoms with Gasteiger partial charge >= 0.3 is 5.97 Å². The fourth-order valence-corrected chi connectivity index (χ4v) is 1.52. The van der Waals surface area contributed by atoms with Crippen molar-refractivity contribution in [3.8, 4) is 0 Å². The van der Waals surface area contributed by atoms with Gasteiger partial charge in [0.15, 0.2) is 0 Å². The van der Waals surface area contributed by atoms with Gasteiger partial charge in [0.1, 0.15) is 5.76 Å². The fourth-order valence-electron chi connectivity index (χ4n) is 1.52. The monoisotopic (exact) mass is 248 g/mol. The Kier molecular flexibility index (Phi) is 4.54. The number of carbonyl (C=O) groups is 1. The zero-order chi connectivity index (χ0) is 13.8. The molecule has 0 unspecified atom stereocenters. The molecule has 18 heavy (non-hydrogen) atoms. The molecule has 0 aliphatic carbocycles. The quantitative estimate of drug-likeness (QED) is 0.506. The molecule has 98 valence electrons. The Balaban J connectivity index is 2.89.